The molecule has 0 saturated carbocycles. The van der Waals surface area contributed by atoms with Crippen molar-refractivity contribution in [1.29, 1.82) is 5.26 Å². The second-order valence-electron chi connectivity index (χ2n) is 7.62. The van der Waals surface area contributed by atoms with Gasteiger partial charge in [-0.25, -0.2) is 0 Å². The van der Waals surface area contributed by atoms with Crippen molar-refractivity contribution in [2.24, 2.45) is 5.92 Å². The van der Waals surface area contributed by atoms with E-state index in [1.54, 1.807) is 19.3 Å². The number of thioether (sulfide) groups is 1. The fourth-order valence-electron chi connectivity index (χ4n) is 2.89. The fourth-order valence-corrected chi connectivity index (χ4v) is 3.65. The Hall–Kier alpha value is -3.38. The molecule has 2 heterocycles. The van der Waals surface area contributed by atoms with Gasteiger partial charge in [0.15, 0.2) is 11.0 Å². The molecule has 166 valence electrons. The van der Waals surface area contributed by atoms with E-state index < -0.39 is 5.54 Å². The van der Waals surface area contributed by atoms with Gasteiger partial charge in [0.1, 0.15) is 11.3 Å². The smallest absolute Gasteiger partial charge is 0.231 e. The highest BCUT2D eigenvalue weighted by atomic mass is 32.2. The largest absolute Gasteiger partial charge is 0.494 e. The topological polar surface area (TPSA) is 106 Å². The van der Waals surface area contributed by atoms with E-state index in [9.17, 15) is 10.1 Å². The number of hydrogen-bond acceptors (Lipinski definition) is 7. The van der Waals surface area contributed by atoms with E-state index in [-0.39, 0.29) is 17.6 Å². The molecule has 3 rings (SSSR count). The minimum Gasteiger partial charge on any atom is -0.494 e. The Kier molecular flexibility index (Phi) is 7.49. The first-order valence-corrected chi connectivity index (χ1v) is 11.3. The van der Waals surface area contributed by atoms with Gasteiger partial charge in [-0.3, -0.25) is 14.3 Å². The van der Waals surface area contributed by atoms with E-state index in [2.05, 4.69) is 26.6 Å². The zero-order valence-corrected chi connectivity index (χ0v) is 19.4. The molecule has 0 spiro atoms. The van der Waals surface area contributed by atoms with E-state index >= 15 is 0 Å². The third-order valence-corrected chi connectivity index (χ3v) is 6.01. The average Bonchev–Trinajstić information content (AvgIpc) is 3.23. The van der Waals surface area contributed by atoms with Crippen molar-refractivity contribution >= 4 is 17.7 Å². The molecule has 1 aromatic carbocycles. The highest BCUT2D eigenvalue weighted by Crippen LogP contribution is 2.28. The van der Waals surface area contributed by atoms with E-state index in [1.807, 2.05) is 61.7 Å². The van der Waals surface area contributed by atoms with Crippen LogP contribution in [-0.4, -0.2) is 43.6 Å². The van der Waals surface area contributed by atoms with E-state index in [0.29, 0.717) is 17.6 Å². The Bertz CT molecular complexity index is 1090. The number of nitrogens with zero attached hydrogens (tertiary/aromatic N) is 5. The number of aromatic nitrogens is 4. The molecule has 0 aliphatic heterocycles. The van der Waals surface area contributed by atoms with Crippen LogP contribution in [0.5, 0.6) is 5.75 Å². The summed E-state index contributed by atoms with van der Waals surface area (Å²) in [6.45, 7) is 8.05. The predicted molar refractivity (Wildman–Crippen MR) is 123 cm³/mol. The highest BCUT2D eigenvalue weighted by molar-refractivity contribution is 7.99. The lowest BCUT2D eigenvalue weighted by molar-refractivity contribution is -0.120. The summed E-state index contributed by atoms with van der Waals surface area (Å²) in [5.74, 6) is 1.23. The molecular formula is C23H26N6O2S. The van der Waals surface area contributed by atoms with Gasteiger partial charge in [-0.05, 0) is 56.2 Å². The van der Waals surface area contributed by atoms with Crippen molar-refractivity contribution in [2.45, 2.75) is 38.4 Å². The van der Waals surface area contributed by atoms with E-state index in [0.717, 1.165) is 17.0 Å². The van der Waals surface area contributed by atoms with E-state index in [4.69, 9.17) is 4.74 Å². The Morgan fingerprint density at radius 2 is 2.03 bits per heavy atom. The molecule has 0 aliphatic rings. The maximum absolute atomic E-state index is 12.6. The Morgan fingerprint density at radius 3 is 2.62 bits per heavy atom. The van der Waals surface area contributed by atoms with Crippen LogP contribution in [0.15, 0.2) is 53.9 Å². The number of carbonyl (C=O) groups is 1. The van der Waals surface area contributed by atoms with Gasteiger partial charge < -0.3 is 10.1 Å². The lowest BCUT2D eigenvalue weighted by atomic mass is 9.90. The van der Waals surface area contributed by atoms with Gasteiger partial charge in [0.25, 0.3) is 0 Å². The molecule has 8 nitrogen and oxygen atoms in total. The first-order chi connectivity index (χ1) is 15.4. The monoisotopic (exact) mass is 450 g/mol. The molecule has 9 heteroatoms. The van der Waals surface area contributed by atoms with Gasteiger partial charge in [0.2, 0.25) is 5.91 Å². The third kappa shape index (κ3) is 5.26. The molecule has 3 aromatic rings. The van der Waals surface area contributed by atoms with Crippen LogP contribution in [-0.2, 0) is 4.79 Å². The Morgan fingerprint density at radius 1 is 1.28 bits per heavy atom. The van der Waals surface area contributed by atoms with Gasteiger partial charge >= 0.3 is 0 Å². The van der Waals surface area contributed by atoms with Gasteiger partial charge in [-0.15, -0.1) is 10.2 Å². The van der Waals surface area contributed by atoms with Crippen LogP contribution in [0.2, 0.25) is 0 Å². The van der Waals surface area contributed by atoms with Crippen LogP contribution in [0.3, 0.4) is 0 Å². The highest BCUT2D eigenvalue weighted by Gasteiger charge is 2.30. The lowest BCUT2D eigenvalue weighted by Crippen LogP contribution is -2.49. The number of pyridine rings is 1. The standard InChI is InChI=1S/C23H26N6O2S/c1-5-31-19-10-8-18(9-11-19)29-21(17-7-6-12-25-13-17)27-28-22(29)32-14-20(30)26-23(4,15-24)16(2)3/h6-13,16H,5,14H2,1-4H3,(H,26,30)/t23-/m0/s1. The quantitative estimate of drug-likeness (QED) is 0.493. The second-order valence-corrected chi connectivity index (χ2v) is 8.56. The number of benzene rings is 1. The summed E-state index contributed by atoms with van der Waals surface area (Å²) in [6, 6.07) is 13.5. The predicted octanol–water partition coefficient (Wildman–Crippen LogP) is 3.87. The van der Waals surface area contributed by atoms with Crippen LogP contribution in [0.4, 0.5) is 0 Å². The number of carbonyl (C=O) groups excluding carboxylic acids is 1. The van der Waals surface area contributed by atoms with Gasteiger partial charge in [0.05, 0.1) is 18.4 Å². The van der Waals surface area contributed by atoms with E-state index in [1.165, 1.54) is 11.8 Å². The summed E-state index contributed by atoms with van der Waals surface area (Å²) < 4.78 is 7.43. The number of amides is 1. The summed E-state index contributed by atoms with van der Waals surface area (Å²) in [5, 5.41) is 21.5. The first-order valence-electron chi connectivity index (χ1n) is 10.3. The molecule has 2 aromatic heterocycles. The maximum Gasteiger partial charge on any atom is 0.231 e. The summed E-state index contributed by atoms with van der Waals surface area (Å²) in [6.07, 6.45) is 3.42. The molecule has 0 aliphatic carbocycles. The number of nitrogens with one attached hydrogen (secondary N) is 1. The molecule has 0 fully saturated rings. The molecule has 32 heavy (non-hydrogen) atoms. The summed E-state index contributed by atoms with van der Waals surface area (Å²) in [5.41, 5.74) is 0.715. The Balaban J connectivity index is 1.89. The normalized spacial score (nSPS) is 12.8. The van der Waals surface area contributed by atoms with Crippen molar-refractivity contribution < 1.29 is 9.53 Å². The zero-order valence-electron chi connectivity index (χ0n) is 18.6. The Labute approximate surface area is 192 Å². The van der Waals surface area contributed by atoms with Crippen molar-refractivity contribution in [3.63, 3.8) is 0 Å². The lowest BCUT2D eigenvalue weighted by Gasteiger charge is -2.27. The first kappa shape index (κ1) is 23.3. The zero-order chi connectivity index (χ0) is 23.1. The van der Waals surface area contributed by atoms with Gasteiger partial charge in [0, 0.05) is 23.6 Å². The van der Waals surface area contributed by atoms with Crippen molar-refractivity contribution in [2.75, 3.05) is 12.4 Å². The molecule has 1 amide bonds. The van der Waals surface area contributed by atoms with Crippen LogP contribution >= 0.6 is 11.8 Å². The number of hydrogen-bond donors (Lipinski definition) is 1. The number of nitriles is 1. The fraction of sp³-hybridized carbons (Fsp3) is 0.348. The van der Waals surface area contributed by atoms with Crippen LogP contribution in [0, 0.1) is 17.2 Å². The summed E-state index contributed by atoms with van der Waals surface area (Å²) in [4.78, 5) is 16.8. The molecule has 0 saturated heterocycles. The van der Waals surface area contributed by atoms with Crippen molar-refractivity contribution in [1.82, 2.24) is 25.1 Å². The van der Waals surface area contributed by atoms with Crippen LogP contribution in [0.1, 0.15) is 27.7 Å². The summed E-state index contributed by atoms with van der Waals surface area (Å²) in [7, 11) is 0. The molecule has 0 bridgehead atoms. The minimum absolute atomic E-state index is 0.0221. The van der Waals surface area contributed by atoms with Crippen LogP contribution in [0.25, 0.3) is 17.1 Å². The van der Waals surface area contributed by atoms with Crippen molar-refractivity contribution in [3.05, 3.63) is 48.8 Å². The van der Waals surface area contributed by atoms with Gasteiger partial charge in [-0.1, -0.05) is 25.6 Å². The SMILES string of the molecule is CCOc1ccc(-n2c(SCC(=O)N[C@@](C)(C#N)C(C)C)nnc2-c2cccnc2)cc1. The maximum atomic E-state index is 12.6. The average molecular weight is 451 g/mol. The number of ether oxygens (including phenoxy) is 1. The second kappa shape index (κ2) is 10.3. The molecule has 1 N–H and O–H groups in total. The molecule has 0 radical (unpaired) electrons. The molecule has 1 atom stereocenters. The summed E-state index contributed by atoms with van der Waals surface area (Å²) >= 11 is 1.26. The molecular weight excluding hydrogens is 424 g/mol. The third-order valence-electron chi connectivity index (χ3n) is 5.08. The van der Waals surface area contributed by atoms with Gasteiger partial charge in [-0.2, -0.15) is 5.26 Å². The molecule has 0 unspecified atom stereocenters. The van der Waals surface area contributed by atoms with Crippen LogP contribution < -0.4 is 10.1 Å². The number of rotatable bonds is 9. The van der Waals surface area contributed by atoms with Crippen molar-refractivity contribution in [3.8, 4) is 28.9 Å². The minimum atomic E-state index is -0.929.